The molecule has 1 aliphatic heterocycles. The van der Waals surface area contributed by atoms with Gasteiger partial charge in [-0.1, -0.05) is 103 Å². The molecule has 15 heteroatoms. The van der Waals surface area contributed by atoms with Gasteiger partial charge in [-0.25, -0.2) is 4.79 Å². The van der Waals surface area contributed by atoms with Gasteiger partial charge in [0.2, 0.25) is 23.6 Å². The molecule has 0 spiro atoms. The third kappa shape index (κ3) is 17.8. The van der Waals surface area contributed by atoms with Gasteiger partial charge in [0.15, 0.2) is 12.3 Å². The number of aliphatic hydroxyl groups excluding tert-OH is 2. The van der Waals surface area contributed by atoms with Crippen LogP contribution in [0.1, 0.15) is 143 Å². The predicted octanol–water partition coefficient (Wildman–Crippen LogP) is 2.62. The molecule has 302 valence electrons. The van der Waals surface area contributed by atoms with E-state index in [4.69, 9.17) is 20.9 Å². The Morgan fingerprint density at radius 1 is 0.865 bits per heavy atom. The SMILES string of the molecule is CCCCCCCCCCCCCCCCCCNC(=O)CC[C@@H](NC(=O)[C@H](C)N(C(C)=O)C1O[C@H](CO)[C@@H](O)[C@H](O[C@H](C)C(=O)O)[C@H]1N)C(N)=O. The van der Waals surface area contributed by atoms with Crippen molar-refractivity contribution in [2.45, 2.75) is 192 Å². The van der Waals surface area contributed by atoms with E-state index >= 15 is 0 Å². The number of carboxylic acids is 1. The largest absolute Gasteiger partial charge is 0.479 e. The van der Waals surface area contributed by atoms with Crippen LogP contribution in [0.25, 0.3) is 0 Å². The van der Waals surface area contributed by atoms with Crippen LogP contribution in [-0.4, -0.2) is 112 Å². The van der Waals surface area contributed by atoms with Crippen molar-refractivity contribution < 1.29 is 48.8 Å². The van der Waals surface area contributed by atoms with Crippen LogP contribution in [0.5, 0.6) is 0 Å². The Kier molecular flexibility index (Phi) is 24.3. The number of hydrogen-bond donors (Lipinski definition) is 7. The molecule has 15 nitrogen and oxygen atoms in total. The van der Waals surface area contributed by atoms with Gasteiger partial charge in [-0.2, -0.15) is 0 Å². The number of nitrogens with zero attached hydrogens (tertiary/aromatic N) is 1. The van der Waals surface area contributed by atoms with E-state index in [-0.39, 0.29) is 18.7 Å². The standard InChI is InChI=1S/C37H69N5O10/c1-5-6-7-8-9-10-11-12-13-14-15-16-17-18-19-20-23-40-30(45)22-21-28(34(39)47)41-35(48)25(2)42(27(4)44)36-31(38)33(51-26(3)37(49)50)32(46)29(24-43)52-36/h25-26,28-29,31-33,36,43,46H,5-24,38H2,1-4H3,(H2,39,47)(H,40,45)(H,41,48)(H,49,50)/t25-,26+,28+,29+,31+,32+,33+,36?/m0/s1. The van der Waals surface area contributed by atoms with Gasteiger partial charge in [0.1, 0.15) is 30.4 Å². The number of amides is 4. The Hall–Kier alpha value is -2.85. The highest BCUT2D eigenvalue weighted by Crippen LogP contribution is 2.27. The Labute approximate surface area is 310 Å². The molecule has 1 saturated heterocycles. The summed E-state index contributed by atoms with van der Waals surface area (Å²) in [6, 6.07) is -3.85. The number of carbonyl (C=O) groups is 5. The summed E-state index contributed by atoms with van der Waals surface area (Å²) >= 11 is 0. The number of aliphatic hydroxyl groups is 2. The van der Waals surface area contributed by atoms with Crippen molar-refractivity contribution in [3.05, 3.63) is 0 Å². The minimum Gasteiger partial charge on any atom is -0.479 e. The quantitative estimate of drug-likeness (QED) is 0.0549. The molecule has 0 radical (unpaired) electrons. The summed E-state index contributed by atoms with van der Waals surface area (Å²) in [5.41, 5.74) is 11.8. The fourth-order valence-corrected chi connectivity index (χ4v) is 6.46. The lowest BCUT2D eigenvalue weighted by Gasteiger charge is -2.48. The third-order valence-corrected chi connectivity index (χ3v) is 9.74. The Morgan fingerprint density at radius 3 is 1.81 bits per heavy atom. The monoisotopic (exact) mass is 744 g/mol. The number of nitrogens with two attached hydrogens (primary N) is 2. The van der Waals surface area contributed by atoms with Crippen LogP contribution in [0.3, 0.4) is 0 Å². The van der Waals surface area contributed by atoms with Crippen LogP contribution >= 0.6 is 0 Å². The van der Waals surface area contributed by atoms with Gasteiger partial charge in [0.05, 0.1) is 12.6 Å². The molecule has 4 amide bonds. The average Bonchev–Trinajstić information content (AvgIpc) is 3.10. The van der Waals surface area contributed by atoms with Crippen LogP contribution in [-0.2, 0) is 33.4 Å². The van der Waals surface area contributed by atoms with Crippen molar-refractivity contribution in [1.82, 2.24) is 15.5 Å². The maximum absolute atomic E-state index is 13.3. The van der Waals surface area contributed by atoms with Gasteiger partial charge >= 0.3 is 5.97 Å². The molecule has 0 aromatic rings. The number of nitrogens with one attached hydrogen (secondary N) is 2. The molecule has 0 bridgehead atoms. The van der Waals surface area contributed by atoms with Gasteiger partial charge in [0, 0.05) is 19.9 Å². The lowest BCUT2D eigenvalue weighted by molar-refractivity contribution is -0.245. The topological polar surface area (TPSA) is 244 Å². The van der Waals surface area contributed by atoms with E-state index in [9.17, 15) is 39.3 Å². The highest BCUT2D eigenvalue weighted by atomic mass is 16.6. The van der Waals surface area contributed by atoms with Crippen molar-refractivity contribution in [3.8, 4) is 0 Å². The highest BCUT2D eigenvalue weighted by molar-refractivity contribution is 5.91. The van der Waals surface area contributed by atoms with Gasteiger partial charge in [0.25, 0.3) is 0 Å². The van der Waals surface area contributed by atoms with E-state index in [1.807, 2.05) is 0 Å². The second kappa shape index (κ2) is 26.8. The van der Waals surface area contributed by atoms with E-state index in [0.717, 1.165) is 31.1 Å². The first-order chi connectivity index (χ1) is 24.8. The summed E-state index contributed by atoms with van der Waals surface area (Å²) in [5, 5.41) is 35.0. The van der Waals surface area contributed by atoms with Crippen molar-refractivity contribution in [1.29, 1.82) is 0 Å². The Bertz CT molecular complexity index is 1070. The van der Waals surface area contributed by atoms with E-state index in [0.29, 0.717) is 6.54 Å². The fourth-order valence-electron chi connectivity index (χ4n) is 6.46. The molecule has 0 saturated carbocycles. The maximum Gasteiger partial charge on any atom is 0.332 e. The van der Waals surface area contributed by atoms with Gasteiger partial charge < -0.3 is 51.8 Å². The molecule has 9 N–H and O–H groups in total. The zero-order valence-electron chi connectivity index (χ0n) is 32.1. The zero-order valence-corrected chi connectivity index (χ0v) is 32.1. The molecular formula is C37H69N5O10. The molecular weight excluding hydrogens is 674 g/mol. The molecule has 1 unspecified atom stereocenters. The maximum atomic E-state index is 13.3. The number of hydrogen-bond acceptors (Lipinski definition) is 10. The molecule has 0 aromatic heterocycles. The van der Waals surface area contributed by atoms with Crippen LogP contribution in [0.15, 0.2) is 0 Å². The number of primary amides is 1. The third-order valence-electron chi connectivity index (χ3n) is 9.74. The Balaban J connectivity index is 2.46. The molecule has 1 aliphatic rings. The van der Waals surface area contributed by atoms with E-state index in [1.54, 1.807) is 0 Å². The molecule has 8 atom stereocenters. The molecule has 52 heavy (non-hydrogen) atoms. The van der Waals surface area contributed by atoms with Crippen LogP contribution in [0, 0.1) is 0 Å². The fraction of sp³-hybridized carbons (Fsp3) is 0.865. The summed E-state index contributed by atoms with van der Waals surface area (Å²) in [6.45, 7) is 5.76. The molecule has 1 rings (SSSR count). The molecule has 1 heterocycles. The van der Waals surface area contributed by atoms with Crippen molar-refractivity contribution in [2.75, 3.05) is 13.2 Å². The first-order valence-electron chi connectivity index (χ1n) is 19.5. The van der Waals surface area contributed by atoms with Crippen molar-refractivity contribution in [2.24, 2.45) is 11.5 Å². The molecule has 1 fully saturated rings. The van der Waals surface area contributed by atoms with Gasteiger partial charge in [-0.3, -0.25) is 19.2 Å². The summed E-state index contributed by atoms with van der Waals surface area (Å²) in [4.78, 5) is 63.1. The number of carboxylic acid groups (broad SMARTS) is 1. The molecule has 0 aromatic carbocycles. The van der Waals surface area contributed by atoms with Crippen LogP contribution in [0.4, 0.5) is 0 Å². The average molecular weight is 744 g/mol. The van der Waals surface area contributed by atoms with E-state index in [2.05, 4.69) is 17.6 Å². The Morgan fingerprint density at radius 2 is 1.37 bits per heavy atom. The minimum atomic E-state index is -1.54. The second-order valence-corrected chi connectivity index (χ2v) is 14.2. The number of ether oxygens (including phenoxy) is 2. The lowest BCUT2D eigenvalue weighted by atomic mass is 9.94. The van der Waals surface area contributed by atoms with Gasteiger partial charge in [-0.15, -0.1) is 0 Å². The summed E-state index contributed by atoms with van der Waals surface area (Å²) < 4.78 is 11.1. The normalized spacial score (nSPS) is 21.9. The summed E-state index contributed by atoms with van der Waals surface area (Å²) in [5.74, 6) is -3.95. The summed E-state index contributed by atoms with van der Waals surface area (Å²) in [7, 11) is 0. The number of aliphatic carboxylic acids is 1. The highest BCUT2D eigenvalue weighted by Gasteiger charge is 2.49. The van der Waals surface area contributed by atoms with Crippen LogP contribution < -0.4 is 22.1 Å². The number of unbranched alkanes of at least 4 members (excludes halogenated alkanes) is 15. The molecule has 0 aliphatic carbocycles. The zero-order chi connectivity index (χ0) is 39.1. The first-order valence-corrected chi connectivity index (χ1v) is 19.5. The number of rotatable bonds is 29. The van der Waals surface area contributed by atoms with Gasteiger partial charge in [-0.05, 0) is 26.7 Å². The summed E-state index contributed by atoms with van der Waals surface area (Å²) in [6.07, 6.45) is 13.0. The van der Waals surface area contributed by atoms with Crippen LogP contribution in [0.2, 0.25) is 0 Å². The number of carbonyl (C=O) groups excluding carboxylic acids is 4. The second-order valence-electron chi connectivity index (χ2n) is 14.2. The van der Waals surface area contributed by atoms with Crippen molar-refractivity contribution in [3.63, 3.8) is 0 Å². The smallest absolute Gasteiger partial charge is 0.332 e. The van der Waals surface area contributed by atoms with Crippen molar-refractivity contribution >= 4 is 29.6 Å². The van der Waals surface area contributed by atoms with E-state index in [1.165, 1.54) is 97.3 Å². The minimum absolute atomic E-state index is 0.0645. The first kappa shape index (κ1) is 47.2. The lowest BCUT2D eigenvalue weighted by Crippen LogP contribution is -2.70. The van der Waals surface area contributed by atoms with E-state index < -0.39 is 79.1 Å². The predicted molar refractivity (Wildman–Crippen MR) is 197 cm³/mol.